The van der Waals surface area contributed by atoms with E-state index in [1.54, 1.807) is 0 Å². The first kappa shape index (κ1) is 14.9. The van der Waals surface area contributed by atoms with E-state index in [1.165, 1.54) is 6.07 Å². The fourth-order valence-electron chi connectivity index (χ4n) is 2.08. The molecule has 108 valence electrons. The molecule has 0 aliphatic carbocycles. The number of carbonyl (C=O) groups excluding carboxylic acids is 2. The van der Waals surface area contributed by atoms with Crippen LogP contribution in [-0.4, -0.2) is 22.9 Å². The minimum Gasteiger partial charge on any atom is -0.326 e. The van der Waals surface area contributed by atoms with Gasteiger partial charge in [0, 0.05) is 5.56 Å². The van der Waals surface area contributed by atoms with Gasteiger partial charge in [-0.3, -0.25) is 9.69 Å². The van der Waals surface area contributed by atoms with Gasteiger partial charge in [0.1, 0.15) is 17.7 Å². The zero-order chi connectivity index (χ0) is 14.9. The van der Waals surface area contributed by atoms with Gasteiger partial charge in [-0.15, -0.1) is 0 Å². The molecule has 1 heterocycles. The van der Waals surface area contributed by atoms with E-state index in [1.807, 2.05) is 6.92 Å². The normalized spacial score (nSPS) is 18.6. The van der Waals surface area contributed by atoms with Crippen molar-refractivity contribution in [2.45, 2.75) is 32.4 Å². The summed E-state index contributed by atoms with van der Waals surface area (Å²) in [5.41, 5.74) is -0.306. The summed E-state index contributed by atoms with van der Waals surface area (Å²) < 4.78 is 27.6. The van der Waals surface area contributed by atoms with Crippen molar-refractivity contribution in [2.75, 3.05) is 0 Å². The van der Waals surface area contributed by atoms with Crippen LogP contribution >= 0.6 is 15.9 Å². The lowest BCUT2D eigenvalue weighted by molar-refractivity contribution is -0.128. The van der Waals surface area contributed by atoms with Gasteiger partial charge in [0.2, 0.25) is 0 Å². The average Bonchev–Trinajstić information content (AvgIpc) is 2.66. The van der Waals surface area contributed by atoms with E-state index in [0.717, 1.165) is 17.4 Å². The summed E-state index contributed by atoms with van der Waals surface area (Å²) in [6, 6.07) is 1.10. The molecule has 4 nitrogen and oxygen atoms in total. The van der Waals surface area contributed by atoms with Crippen LogP contribution in [0.4, 0.5) is 13.6 Å². The van der Waals surface area contributed by atoms with Crippen LogP contribution in [0.1, 0.15) is 25.3 Å². The van der Waals surface area contributed by atoms with E-state index in [9.17, 15) is 18.4 Å². The quantitative estimate of drug-likeness (QED) is 0.673. The Balaban J connectivity index is 2.25. The molecule has 1 aliphatic heterocycles. The van der Waals surface area contributed by atoms with E-state index in [4.69, 9.17) is 0 Å². The molecule has 1 unspecified atom stereocenters. The molecule has 1 aromatic rings. The molecule has 1 atom stereocenters. The molecule has 3 amide bonds. The lowest BCUT2D eigenvalue weighted by atomic mass is 10.1. The van der Waals surface area contributed by atoms with Crippen molar-refractivity contribution in [2.24, 2.45) is 0 Å². The first-order chi connectivity index (χ1) is 9.45. The highest BCUT2D eigenvalue weighted by Gasteiger charge is 2.38. The molecular formula is C13H13BrF2N2O2. The molecule has 7 heteroatoms. The Morgan fingerprint density at radius 3 is 2.70 bits per heavy atom. The molecule has 0 saturated carbocycles. The highest BCUT2D eigenvalue weighted by Crippen LogP contribution is 2.24. The molecule has 0 aromatic heterocycles. The Morgan fingerprint density at radius 1 is 1.35 bits per heavy atom. The Bertz CT molecular complexity index is 566. The highest BCUT2D eigenvalue weighted by molar-refractivity contribution is 9.10. The van der Waals surface area contributed by atoms with Crippen LogP contribution in [0.2, 0.25) is 0 Å². The number of carbonyl (C=O) groups is 2. The summed E-state index contributed by atoms with van der Waals surface area (Å²) in [4.78, 5) is 24.6. The second-order valence-electron chi connectivity index (χ2n) is 4.54. The minimum atomic E-state index is -0.801. The third-order valence-corrected chi connectivity index (χ3v) is 3.75. The maximum absolute atomic E-state index is 13.9. The van der Waals surface area contributed by atoms with Gasteiger partial charge in [0.05, 0.1) is 11.0 Å². The number of nitrogens with one attached hydrogen (secondary N) is 1. The van der Waals surface area contributed by atoms with Gasteiger partial charge in [-0.05, 0) is 34.5 Å². The minimum absolute atomic E-state index is 0.0889. The summed E-state index contributed by atoms with van der Waals surface area (Å²) in [7, 11) is 0. The first-order valence-electron chi connectivity index (χ1n) is 6.20. The first-order valence-corrected chi connectivity index (χ1v) is 6.99. The molecular weight excluding hydrogens is 334 g/mol. The second-order valence-corrected chi connectivity index (χ2v) is 5.39. The Hall–Kier alpha value is -1.50. The van der Waals surface area contributed by atoms with E-state index < -0.39 is 36.2 Å². The third kappa shape index (κ3) is 2.67. The highest BCUT2D eigenvalue weighted by atomic mass is 79.9. The number of hydrogen-bond donors (Lipinski definition) is 1. The molecule has 1 fully saturated rings. The Kier molecular flexibility index (Phi) is 4.37. The van der Waals surface area contributed by atoms with E-state index in [-0.39, 0.29) is 10.0 Å². The summed E-state index contributed by atoms with van der Waals surface area (Å²) >= 11 is 2.95. The van der Waals surface area contributed by atoms with Crippen molar-refractivity contribution in [3.8, 4) is 0 Å². The van der Waals surface area contributed by atoms with E-state index in [0.29, 0.717) is 6.42 Å². The van der Waals surface area contributed by atoms with Gasteiger partial charge >= 0.3 is 6.03 Å². The number of nitrogens with zero attached hydrogens (tertiary/aromatic N) is 1. The zero-order valence-electron chi connectivity index (χ0n) is 10.8. The number of imide groups is 1. The summed E-state index contributed by atoms with van der Waals surface area (Å²) in [6.07, 6.45) is 1.23. The van der Waals surface area contributed by atoms with Crippen LogP contribution in [0, 0.1) is 11.6 Å². The van der Waals surface area contributed by atoms with Crippen LogP contribution < -0.4 is 5.32 Å². The molecule has 2 rings (SSSR count). The standard InChI is InChI=1S/C13H13BrF2N2O2/c1-2-3-10-12(19)18(13(20)17-10)6-7-9(15)5-4-8(14)11(7)16/h4-5,10H,2-3,6H2,1H3,(H,17,20). The smallest absolute Gasteiger partial charge is 0.325 e. The second kappa shape index (κ2) is 5.87. The molecule has 1 aromatic carbocycles. The maximum Gasteiger partial charge on any atom is 0.325 e. The van der Waals surface area contributed by atoms with Crippen molar-refractivity contribution in [1.82, 2.24) is 10.2 Å². The van der Waals surface area contributed by atoms with Gasteiger partial charge in [0.15, 0.2) is 0 Å². The zero-order valence-corrected chi connectivity index (χ0v) is 12.3. The van der Waals surface area contributed by atoms with Gasteiger partial charge in [-0.2, -0.15) is 0 Å². The largest absolute Gasteiger partial charge is 0.326 e. The number of amides is 3. The van der Waals surface area contributed by atoms with Crippen LogP contribution in [0.25, 0.3) is 0 Å². The van der Waals surface area contributed by atoms with Gasteiger partial charge < -0.3 is 5.32 Å². The van der Waals surface area contributed by atoms with E-state index >= 15 is 0 Å². The number of hydrogen-bond acceptors (Lipinski definition) is 2. The van der Waals surface area contributed by atoms with Crippen LogP contribution in [0.15, 0.2) is 16.6 Å². The third-order valence-electron chi connectivity index (χ3n) is 3.14. The van der Waals surface area contributed by atoms with Crippen LogP contribution in [-0.2, 0) is 11.3 Å². The van der Waals surface area contributed by atoms with Crippen molar-refractivity contribution in [3.05, 3.63) is 33.8 Å². The van der Waals surface area contributed by atoms with Crippen LogP contribution in [0.3, 0.4) is 0 Å². The van der Waals surface area contributed by atoms with Gasteiger partial charge in [0.25, 0.3) is 5.91 Å². The molecule has 1 aliphatic rings. The Morgan fingerprint density at radius 2 is 2.05 bits per heavy atom. The molecule has 0 radical (unpaired) electrons. The van der Waals surface area contributed by atoms with Gasteiger partial charge in [-0.1, -0.05) is 13.3 Å². The maximum atomic E-state index is 13.9. The summed E-state index contributed by atoms with van der Waals surface area (Å²) in [6.45, 7) is 1.47. The summed E-state index contributed by atoms with van der Waals surface area (Å²) in [5, 5.41) is 2.51. The predicted molar refractivity (Wildman–Crippen MR) is 71.8 cm³/mol. The van der Waals surface area contributed by atoms with Crippen molar-refractivity contribution >= 4 is 27.9 Å². The fourth-order valence-corrected chi connectivity index (χ4v) is 2.45. The van der Waals surface area contributed by atoms with Crippen molar-refractivity contribution in [3.63, 3.8) is 0 Å². The fraction of sp³-hybridized carbons (Fsp3) is 0.385. The number of rotatable bonds is 4. The SMILES string of the molecule is CCCC1NC(=O)N(Cc2c(F)ccc(Br)c2F)C1=O. The van der Waals surface area contributed by atoms with E-state index in [2.05, 4.69) is 21.2 Å². The lowest BCUT2D eigenvalue weighted by Gasteiger charge is -2.14. The molecule has 1 N–H and O–H groups in total. The number of halogens is 3. The van der Waals surface area contributed by atoms with Gasteiger partial charge in [-0.25, -0.2) is 13.6 Å². The topological polar surface area (TPSA) is 49.4 Å². The lowest BCUT2D eigenvalue weighted by Crippen LogP contribution is -2.31. The molecule has 20 heavy (non-hydrogen) atoms. The molecule has 0 spiro atoms. The molecule has 0 bridgehead atoms. The number of benzene rings is 1. The number of urea groups is 1. The molecule has 1 saturated heterocycles. The van der Waals surface area contributed by atoms with Crippen molar-refractivity contribution < 1.29 is 18.4 Å². The Labute approximate surface area is 123 Å². The monoisotopic (exact) mass is 346 g/mol. The summed E-state index contributed by atoms with van der Waals surface area (Å²) in [5.74, 6) is -2.04. The average molecular weight is 347 g/mol. The predicted octanol–water partition coefficient (Wildman–Crippen LogP) is 2.95. The van der Waals surface area contributed by atoms with Crippen molar-refractivity contribution in [1.29, 1.82) is 0 Å². The van der Waals surface area contributed by atoms with Crippen LogP contribution in [0.5, 0.6) is 0 Å².